The molecule has 1 aromatic carbocycles. The molecule has 0 saturated carbocycles. The average Bonchev–Trinajstić information content (AvgIpc) is 2.37. The molecule has 20 heavy (non-hydrogen) atoms. The van der Waals surface area contributed by atoms with Crippen molar-refractivity contribution in [2.45, 2.75) is 45.3 Å². The lowest BCUT2D eigenvalue weighted by Crippen LogP contribution is -2.43. The molecule has 4 heteroatoms. The van der Waals surface area contributed by atoms with Crippen LogP contribution >= 0.6 is 0 Å². The Kier molecular flexibility index (Phi) is 4.33. The predicted octanol–water partition coefficient (Wildman–Crippen LogP) is 2.43. The van der Waals surface area contributed by atoms with Crippen LogP contribution in [0.15, 0.2) is 24.3 Å². The fourth-order valence-electron chi connectivity index (χ4n) is 2.34. The summed E-state index contributed by atoms with van der Waals surface area (Å²) >= 11 is 0. The maximum absolute atomic E-state index is 12.6. The van der Waals surface area contributed by atoms with E-state index in [0.717, 1.165) is 25.9 Å². The number of carbonyl (C=O) groups excluding carboxylic acids is 1. The van der Waals surface area contributed by atoms with E-state index >= 15 is 0 Å². The number of likely N-dealkylation sites (tertiary alicyclic amines) is 1. The van der Waals surface area contributed by atoms with Crippen molar-refractivity contribution in [1.82, 2.24) is 4.90 Å². The summed E-state index contributed by atoms with van der Waals surface area (Å²) in [6, 6.07) is 7.68. The van der Waals surface area contributed by atoms with Gasteiger partial charge >= 0.3 is 0 Å². The number of hydrogen-bond acceptors (Lipinski definition) is 3. The van der Waals surface area contributed by atoms with Gasteiger partial charge in [-0.1, -0.05) is 12.1 Å². The second-order valence-electron chi connectivity index (χ2n) is 6.34. The lowest BCUT2D eigenvalue weighted by Gasteiger charge is -2.31. The third kappa shape index (κ3) is 3.73. The molecular formula is C16H24N2O2. The van der Waals surface area contributed by atoms with Crippen LogP contribution < -0.4 is 10.5 Å². The third-order valence-electron chi connectivity index (χ3n) is 3.36. The monoisotopic (exact) mass is 276 g/mol. The van der Waals surface area contributed by atoms with Gasteiger partial charge in [-0.05, 0) is 45.7 Å². The van der Waals surface area contributed by atoms with Crippen molar-refractivity contribution in [2.75, 3.05) is 13.1 Å². The summed E-state index contributed by atoms with van der Waals surface area (Å²) < 4.78 is 5.89. The Bertz CT molecular complexity index is 472. The van der Waals surface area contributed by atoms with Gasteiger partial charge in [0.25, 0.3) is 5.91 Å². The number of para-hydroxylation sites is 1. The Hall–Kier alpha value is -1.55. The topological polar surface area (TPSA) is 55.6 Å². The van der Waals surface area contributed by atoms with Crippen molar-refractivity contribution < 1.29 is 9.53 Å². The minimum atomic E-state index is -0.319. The molecule has 1 amide bonds. The van der Waals surface area contributed by atoms with Crippen LogP contribution in [0.5, 0.6) is 5.75 Å². The summed E-state index contributed by atoms with van der Waals surface area (Å²) in [5.74, 6) is 0.691. The molecule has 0 aromatic heterocycles. The Balaban J connectivity index is 2.17. The smallest absolute Gasteiger partial charge is 0.257 e. The molecule has 1 heterocycles. The van der Waals surface area contributed by atoms with E-state index in [9.17, 15) is 4.79 Å². The molecule has 1 saturated heterocycles. The molecule has 1 fully saturated rings. The van der Waals surface area contributed by atoms with Gasteiger partial charge in [0.2, 0.25) is 0 Å². The Morgan fingerprint density at radius 3 is 2.45 bits per heavy atom. The highest BCUT2D eigenvalue weighted by molar-refractivity contribution is 5.97. The van der Waals surface area contributed by atoms with Gasteiger partial charge in [0, 0.05) is 19.1 Å². The summed E-state index contributed by atoms with van der Waals surface area (Å²) in [7, 11) is 0. The Morgan fingerprint density at radius 1 is 1.25 bits per heavy atom. The largest absolute Gasteiger partial charge is 0.487 e. The quantitative estimate of drug-likeness (QED) is 0.902. The van der Waals surface area contributed by atoms with Gasteiger partial charge in [-0.2, -0.15) is 0 Å². The number of benzene rings is 1. The van der Waals surface area contributed by atoms with Crippen LogP contribution in [-0.2, 0) is 0 Å². The van der Waals surface area contributed by atoms with Crippen molar-refractivity contribution >= 4 is 5.91 Å². The number of ether oxygens (including phenoxy) is 1. The normalized spacial score (nSPS) is 17.1. The number of rotatable bonds is 2. The summed E-state index contributed by atoms with van der Waals surface area (Å²) in [5, 5.41) is 0. The SMILES string of the molecule is CC(C)(C)Oc1ccccc1C(=O)N1CCC(N)CC1. The Labute approximate surface area is 120 Å². The Morgan fingerprint density at radius 2 is 1.85 bits per heavy atom. The van der Waals surface area contributed by atoms with E-state index in [0.29, 0.717) is 11.3 Å². The van der Waals surface area contributed by atoms with Gasteiger partial charge < -0.3 is 15.4 Å². The van der Waals surface area contributed by atoms with Crippen LogP contribution in [0.4, 0.5) is 0 Å². The van der Waals surface area contributed by atoms with E-state index in [1.165, 1.54) is 0 Å². The highest BCUT2D eigenvalue weighted by atomic mass is 16.5. The number of nitrogens with zero attached hydrogens (tertiary/aromatic N) is 1. The molecule has 4 nitrogen and oxygen atoms in total. The van der Waals surface area contributed by atoms with Gasteiger partial charge in [-0.15, -0.1) is 0 Å². The van der Waals surface area contributed by atoms with E-state index in [4.69, 9.17) is 10.5 Å². The summed E-state index contributed by atoms with van der Waals surface area (Å²) in [6.07, 6.45) is 1.74. The van der Waals surface area contributed by atoms with Crippen molar-refractivity contribution in [3.63, 3.8) is 0 Å². The number of amides is 1. The standard InChI is InChI=1S/C16H24N2O2/c1-16(2,3)20-14-7-5-4-6-13(14)15(19)18-10-8-12(17)9-11-18/h4-7,12H,8-11,17H2,1-3H3. The van der Waals surface area contributed by atoms with E-state index in [-0.39, 0.29) is 17.6 Å². The van der Waals surface area contributed by atoms with Crippen molar-refractivity contribution in [1.29, 1.82) is 0 Å². The second kappa shape index (κ2) is 5.83. The zero-order valence-corrected chi connectivity index (χ0v) is 12.6. The molecule has 1 aromatic rings. The number of hydrogen-bond donors (Lipinski definition) is 1. The van der Waals surface area contributed by atoms with E-state index in [1.807, 2.05) is 49.9 Å². The molecule has 2 N–H and O–H groups in total. The molecule has 0 aliphatic carbocycles. The van der Waals surface area contributed by atoms with Gasteiger partial charge in [0.15, 0.2) is 0 Å². The second-order valence-corrected chi connectivity index (χ2v) is 6.34. The molecule has 0 atom stereocenters. The molecule has 1 aliphatic rings. The van der Waals surface area contributed by atoms with E-state index < -0.39 is 0 Å². The lowest BCUT2D eigenvalue weighted by molar-refractivity contribution is 0.0699. The highest BCUT2D eigenvalue weighted by Gasteiger charge is 2.25. The molecule has 0 bridgehead atoms. The molecule has 0 spiro atoms. The van der Waals surface area contributed by atoms with Gasteiger partial charge in [-0.25, -0.2) is 0 Å². The predicted molar refractivity (Wildman–Crippen MR) is 79.9 cm³/mol. The van der Waals surface area contributed by atoms with Crippen molar-refractivity contribution in [3.05, 3.63) is 29.8 Å². The maximum Gasteiger partial charge on any atom is 0.257 e. The molecular weight excluding hydrogens is 252 g/mol. The van der Waals surface area contributed by atoms with Crippen LogP contribution in [0.1, 0.15) is 44.0 Å². The fraction of sp³-hybridized carbons (Fsp3) is 0.562. The van der Waals surface area contributed by atoms with Crippen molar-refractivity contribution in [2.24, 2.45) is 5.73 Å². The molecule has 2 rings (SSSR count). The van der Waals surface area contributed by atoms with E-state index in [1.54, 1.807) is 0 Å². The number of nitrogens with two attached hydrogens (primary N) is 1. The van der Waals surface area contributed by atoms with Crippen LogP contribution in [-0.4, -0.2) is 35.5 Å². The zero-order valence-electron chi connectivity index (χ0n) is 12.6. The molecule has 1 aliphatic heterocycles. The first kappa shape index (κ1) is 14.9. The number of piperidine rings is 1. The van der Waals surface area contributed by atoms with Crippen LogP contribution in [0.3, 0.4) is 0 Å². The third-order valence-corrected chi connectivity index (χ3v) is 3.36. The van der Waals surface area contributed by atoms with Crippen LogP contribution in [0.2, 0.25) is 0 Å². The number of carbonyl (C=O) groups is 1. The minimum Gasteiger partial charge on any atom is -0.487 e. The summed E-state index contributed by atoms with van der Waals surface area (Å²) in [5.41, 5.74) is 6.20. The van der Waals surface area contributed by atoms with Crippen molar-refractivity contribution in [3.8, 4) is 5.75 Å². The van der Waals surface area contributed by atoms with Gasteiger partial charge in [0.05, 0.1) is 5.56 Å². The fourth-order valence-corrected chi connectivity index (χ4v) is 2.34. The molecule has 0 unspecified atom stereocenters. The summed E-state index contributed by atoms with van der Waals surface area (Å²) in [4.78, 5) is 14.5. The maximum atomic E-state index is 12.6. The van der Waals surface area contributed by atoms with Gasteiger partial charge in [0.1, 0.15) is 11.4 Å². The average molecular weight is 276 g/mol. The molecule has 110 valence electrons. The highest BCUT2D eigenvalue weighted by Crippen LogP contribution is 2.25. The first-order valence-corrected chi connectivity index (χ1v) is 7.20. The first-order valence-electron chi connectivity index (χ1n) is 7.20. The lowest BCUT2D eigenvalue weighted by atomic mass is 10.0. The summed E-state index contributed by atoms with van der Waals surface area (Å²) in [6.45, 7) is 7.39. The first-order chi connectivity index (χ1) is 9.37. The zero-order chi connectivity index (χ0) is 14.8. The van der Waals surface area contributed by atoms with Crippen LogP contribution in [0, 0.1) is 0 Å². The van der Waals surface area contributed by atoms with Gasteiger partial charge in [-0.3, -0.25) is 4.79 Å². The minimum absolute atomic E-state index is 0.0387. The molecule has 0 radical (unpaired) electrons. The van der Waals surface area contributed by atoms with E-state index in [2.05, 4.69) is 0 Å². The van der Waals surface area contributed by atoms with Crippen LogP contribution in [0.25, 0.3) is 0 Å².